The van der Waals surface area contributed by atoms with Gasteiger partial charge in [0, 0.05) is 21.9 Å². The molecule has 2 amide bonds. The van der Waals surface area contributed by atoms with Crippen molar-refractivity contribution < 1.29 is 9.59 Å². The first kappa shape index (κ1) is 18.2. The third-order valence-corrected chi connectivity index (χ3v) is 4.51. The molecule has 0 spiro atoms. The molecule has 3 rings (SSSR count). The van der Waals surface area contributed by atoms with E-state index in [0.717, 1.165) is 5.39 Å². The fourth-order valence-corrected chi connectivity index (χ4v) is 3.04. The monoisotopic (exact) mass is 387 g/mol. The Kier molecular flexibility index (Phi) is 5.40. The number of rotatable bonds is 5. The van der Waals surface area contributed by atoms with Gasteiger partial charge in [0.25, 0.3) is 5.91 Å². The zero-order valence-electron chi connectivity index (χ0n) is 13.6. The molecule has 0 fully saturated rings. The van der Waals surface area contributed by atoms with E-state index in [1.54, 1.807) is 30.3 Å². The molecule has 1 heterocycles. The number of pyridine rings is 1. The van der Waals surface area contributed by atoms with Crippen LogP contribution >= 0.6 is 23.2 Å². The van der Waals surface area contributed by atoms with Crippen molar-refractivity contribution in [1.29, 1.82) is 0 Å². The molecular formula is C19H15Cl2N3O2. The van der Waals surface area contributed by atoms with Gasteiger partial charge in [-0.3, -0.25) is 9.59 Å². The van der Waals surface area contributed by atoms with E-state index in [0.29, 0.717) is 21.1 Å². The molecule has 0 aliphatic rings. The number of benzene rings is 2. The molecule has 0 unspecified atom stereocenters. The molecule has 0 saturated carbocycles. The van der Waals surface area contributed by atoms with Gasteiger partial charge >= 0.3 is 0 Å². The number of fused-ring (bicyclic) bond motifs is 1. The summed E-state index contributed by atoms with van der Waals surface area (Å²) < 4.78 is 0. The van der Waals surface area contributed by atoms with E-state index in [1.165, 1.54) is 0 Å². The van der Waals surface area contributed by atoms with E-state index in [4.69, 9.17) is 28.9 Å². The SMILES string of the molecule is NC(=O)[C@H](Cc1ccc(Cl)cc1Cl)NC(=O)c1ccc2ccccc2n1. The van der Waals surface area contributed by atoms with Gasteiger partial charge in [-0.25, -0.2) is 4.98 Å². The third-order valence-electron chi connectivity index (χ3n) is 3.92. The van der Waals surface area contributed by atoms with Crippen molar-refractivity contribution in [3.63, 3.8) is 0 Å². The number of carbonyl (C=O) groups is 2. The summed E-state index contributed by atoms with van der Waals surface area (Å²) in [6.07, 6.45) is 0.157. The second kappa shape index (κ2) is 7.72. The first-order chi connectivity index (χ1) is 12.4. The van der Waals surface area contributed by atoms with Crippen LogP contribution in [0.25, 0.3) is 10.9 Å². The lowest BCUT2D eigenvalue weighted by molar-refractivity contribution is -0.119. The smallest absolute Gasteiger partial charge is 0.270 e. The number of hydrogen-bond donors (Lipinski definition) is 2. The largest absolute Gasteiger partial charge is 0.368 e. The average Bonchev–Trinajstić information content (AvgIpc) is 2.62. The second-order valence-corrected chi connectivity index (χ2v) is 6.60. The highest BCUT2D eigenvalue weighted by molar-refractivity contribution is 6.35. The van der Waals surface area contributed by atoms with Crippen LogP contribution in [0.3, 0.4) is 0 Å². The summed E-state index contributed by atoms with van der Waals surface area (Å²) in [6.45, 7) is 0. The van der Waals surface area contributed by atoms with Crippen molar-refractivity contribution in [2.24, 2.45) is 5.73 Å². The third kappa shape index (κ3) is 4.12. The van der Waals surface area contributed by atoms with Crippen LogP contribution in [0.2, 0.25) is 10.0 Å². The van der Waals surface area contributed by atoms with Gasteiger partial charge in [0.1, 0.15) is 11.7 Å². The first-order valence-electron chi connectivity index (χ1n) is 7.84. The first-order valence-corrected chi connectivity index (χ1v) is 8.59. The summed E-state index contributed by atoms with van der Waals surface area (Å²) in [5.74, 6) is -1.14. The van der Waals surface area contributed by atoms with Gasteiger partial charge in [0.15, 0.2) is 0 Å². The van der Waals surface area contributed by atoms with Crippen LogP contribution in [0.5, 0.6) is 0 Å². The maximum atomic E-state index is 12.5. The van der Waals surface area contributed by atoms with Gasteiger partial charge in [-0.2, -0.15) is 0 Å². The summed E-state index contributed by atoms with van der Waals surface area (Å²) in [6, 6.07) is 14.8. The maximum Gasteiger partial charge on any atom is 0.270 e. The Bertz CT molecular complexity index is 991. The molecule has 0 saturated heterocycles. The van der Waals surface area contributed by atoms with Crippen molar-refractivity contribution in [2.75, 3.05) is 0 Å². The Hall–Kier alpha value is -2.63. The molecule has 5 nitrogen and oxygen atoms in total. The average molecular weight is 388 g/mol. The van der Waals surface area contributed by atoms with Gasteiger partial charge < -0.3 is 11.1 Å². The van der Waals surface area contributed by atoms with Crippen molar-refractivity contribution >= 4 is 45.9 Å². The number of primary amides is 1. The molecule has 0 bridgehead atoms. The normalized spacial score (nSPS) is 11.9. The Morgan fingerprint density at radius 2 is 1.85 bits per heavy atom. The predicted octanol–water partition coefficient (Wildman–Crippen LogP) is 3.37. The van der Waals surface area contributed by atoms with Crippen LogP contribution < -0.4 is 11.1 Å². The van der Waals surface area contributed by atoms with Gasteiger partial charge in [-0.15, -0.1) is 0 Å². The highest BCUT2D eigenvalue weighted by atomic mass is 35.5. The number of nitrogens with two attached hydrogens (primary N) is 1. The van der Waals surface area contributed by atoms with Crippen LogP contribution in [0, 0.1) is 0 Å². The molecule has 3 aromatic rings. The zero-order valence-corrected chi connectivity index (χ0v) is 15.1. The Balaban J connectivity index is 1.80. The molecule has 26 heavy (non-hydrogen) atoms. The summed E-state index contributed by atoms with van der Waals surface area (Å²) in [5, 5.41) is 4.43. The standard InChI is InChI=1S/C19H15Cl2N3O2/c20-13-7-5-12(14(21)10-13)9-17(18(22)25)24-19(26)16-8-6-11-3-1-2-4-15(11)23-16/h1-8,10,17H,9H2,(H2,22,25)(H,24,26)/t17-/m0/s1. The summed E-state index contributed by atoms with van der Waals surface area (Å²) in [4.78, 5) is 28.6. The zero-order chi connectivity index (χ0) is 18.7. The van der Waals surface area contributed by atoms with Crippen LogP contribution in [-0.2, 0) is 11.2 Å². The number of hydrogen-bond acceptors (Lipinski definition) is 3. The molecule has 0 radical (unpaired) electrons. The predicted molar refractivity (Wildman–Crippen MR) is 102 cm³/mol. The van der Waals surface area contributed by atoms with Gasteiger partial charge in [-0.1, -0.05) is 53.5 Å². The number of nitrogens with zero attached hydrogens (tertiary/aromatic N) is 1. The molecule has 0 aliphatic carbocycles. The quantitative estimate of drug-likeness (QED) is 0.703. The molecule has 7 heteroatoms. The summed E-state index contributed by atoms with van der Waals surface area (Å²) in [7, 11) is 0. The number of nitrogens with one attached hydrogen (secondary N) is 1. The van der Waals surface area contributed by atoms with Crippen molar-refractivity contribution in [3.05, 3.63) is 75.9 Å². The van der Waals surface area contributed by atoms with Crippen LogP contribution in [0.4, 0.5) is 0 Å². The fraction of sp³-hybridized carbons (Fsp3) is 0.105. The van der Waals surface area contributed by atoms with E-state index >= 15 is 0 Å². The van der Waals surface area contributed by atoms with E-state index in [2.05, 4.69) is 10.3 Å². The molecule has 1 aromatic heterocycles. The molecule has 0 aliphatic heterocycles. The highest BCUT2D eigenvalue weighted by Crippen LogP contribution is 2.22. The minimum atomic E-state index is -0.922. The van der Waals surface area contributed by atoms with Crippen molar-refractivity contribution in [1.82, 2.24) is 10.3 Å². The minimum absolute atomic E-state index is 0.157. The topological polar surface area (TPSA) is 85.1 Å². The van der Waals surface area contributed by atoms with E-state index in [1.807, 2.05) is 24.3 Å². The Labute approximate surface area is 160 Å². The van der Waals surface area contributed by atoms with Gasteiger partial charge in [0.2, 0.25) is 5.91 Å². The van der Waals surface area contributed by atoms with E-state index < -0.39 is 17.9 Å². The lowest BCUT2D eigenvalue weighted by Gasteiger charge is -2.16. The number of carbonyl (C=O) groups excluding carboxylic acids is 2. The number of amides is 2. The number of aromatic nitrogens is 1. The lowest BCUT2D eigenvalue weighted by atomic mass is 10.0. The summed E-state index contributed by atoms with van der Waals surface area (Å²) in [5.41, 5.74) is 6.99. The van der Waals surface area contributed by atoms with E-state index in [9.17, 15) is 9.59 Å². The molecule has 1 atom stereocenters. The van der Waals surface area contributed by atoms with Gasteiger partial charge in [0.05, 0.1) is 5.52 Å². The maximum absolute atomic E-state index is 12.5. The second-order valence-electron chi connectivity index (χ2n) is 5.76. The molecule has 132 valence electrons. The van der Waals surface area contributed by atoms with Crippen LogP contribution in [0.1, 0.15) is 16.1 Å². The lowest BCUT2D eigenvalue weighted by Crippen LogP contribution is -2.46. The molecule has 3 N–H and O–H groups in total. The summed E-state index contributed by atoms with van der Waals surface area (Å²) >= 11 is 12.0. The number of halogens is 2. The minimum Gasteiger partial charge on any atom is -0.368 e. The molecule has 2 aromatic carbocycles. The van der Waals surface area contributed by atoms with Crippen LogP contribution in [-0.4, -0.2) is 22.8 Å². The molecular weight excluding hydrogens is 373 g/mol. The van der Waals surface area contributed by atoms with Gasteiger partial charge in [-0.05, 0) is 29.8 Å². The van der Waals surface area contributed by atoms with Crippen LogP contribution in [0.15, 0.2) is 54.6 Å². The highest BCUT2D eigenvalue weighted by Gasteiger charge is 2.21. The fourth-order valence-electron chi connectivity index (χ4n) is 2.55. The Morgan fingerprint density at radius 1 is 1.08 bits per heavy atom. The van der Waals surface area contributed by atoms with Crippen molar-refractivity contribution in [2.45, 2.75) is 12.5 Å². The van der Waals surface area contributed by atoms with Crippen molar-refractivity contribution in [3.8, 4) is 0 Å². The number of para-hydroxylation sites is 1. The van der Waals surface area contributed by atoms with E-state index in [-0.39, 0.29) is 12.1 Å². The Morgan fingerprint density at radius 3 is 2.58 bits per heavy atom.